The second-order valence-corrected chi connectivity index (χ2v) is 8.73. The molecule has 2 aromatic rings. The van der Waals surface area contributed by atoms with E-state index in [-0.39, 0.29) is 17.2 Å². The molecule has 2 atom stereocenters. The standard InChI is InChI=1S/C24H29N3O/c1-17-16-27-21-9-7-6-8-20(21)23(2,3)24(27,25-22(17)28)15-14-18-10-12-19(13-11-18)26(4)5/h6-15,17H,16H2,1-5H3,(H,25,28)/b15-14+/t17-,24+/m0/s1. The van der Waals surface area contributed by atoms with Gasteiger partial charge in [0.2, 0.25) is 5.91 Å². The van der Waals surface area contributed by atoms with Crippen molar-refractivity contribution < 1.29 is 4.79 Å². The minimum atomic E-state index is -0.569. The van der Waals surface area contributed by atoms with Gasteiger partial charge in [-0.25, -0.2) is 0 Å². The van der Waals surface area contributed by atoms with Crippen LogP contribution in [0.1, 0.15) is 31.9 Å². The quantitative estimate of drug-likeness (QED) is 0.880. The minimum absolute atomic E-state index is 0.0390. The van der Waals surface area contributed by atoms with Gasteiger partial charge in [-0.05, 0) is 35.4 Å². The number of carbonyl (C=O) groups excluding carboxylic acids is 1. The van der Waals surface area contributed by atoms with E-state index in [9.17, 15) is 4.79 Å². The highest BCUT2D eigenvalue weighted by atomic mass is 16.2. The maximum absolute atomic E-state index is 12.7. The number of benzene rings is 2. The summed E-state index contributed by atoms with van der Waals surface area (Å²) in [6, 6.07) is 17.0. The Bertz CT molecular complexity index is 929. The number of amides is 1. The van der Waals surface area contributed by atoms with Crippen LogP contribution in [0.15, 0.2) is 54.6 Å². The average molecular weight is 376 g/mol. The second-order valence-electron chi connectivity index (χ2n) is 8.73. The highest BCUT2D eigenvalue weighted by Crippen LogP contribution is 2.52. The summed E-state index contributed by atoms with van der Waals surface area (Å²) in [5, 5.41) is 3.37. The van der Waals surface area contributed by atoms with Crippen LogP contribution in [-0.4, -0.2) is 32.2 Å². The predicted octanol–water partition coefficient (Wildman–Crippen LogP) is 4.03. The molecule has 2 aromatic carbocycles. The first-order valence-corrected chi connectivity index (χ1v) is 9.92. The first kappa shape index (κ1) is 18.6. The molecule has 4 heteroatoms. The van der Waals surface area contributed by atoms with Crippen LogP contribution in [0.4, 0.5) is 11.4 Å². The molecule has 2 heterocycles. The molecule has 0 aromatic heterocycles. The molecule has 4 nitrogen and oxygen atoms in total. The Labute approximate surface area is 167 Å². The van der Waals surface area contributed by atoms with Crippen molar-refractivity contribution in [2.45, 2.75) is 31.8 Å². The lowest BCUT2D eigenvalue weighted by molar-refractivity contribution is -0.128. The van der Waals surface area contributed by atoms with E-state index in [1.165, 1.54) is 16.9 Å². The Morgan fingerprint density at radius 1 is 1.11 bits per heavy atom. The Hall–Kier alpha value is -2.75. The van der Waals surface area contributed by atoms with Crippen molar-refractivity contribution in [1.29, 1.82) is 0 Å². The molecule has 1 fully saturated rings. The number of rotatable bonds is 3. The molecule has 1 saturated heterocycles. The molecular weight excluding hydrogens is 346 g/mol. The van der Waals surface area contributed by atoms with E-state index >= 15 is 0 Å². The number of hydrogen-bond donors (Lipinski definition) is 1. The van der Waals surface area contributed by atoms with Gasteiger partial charge in [-0.3, -0.25) is 4.79 Å². The maximum atomic E-state index is 12.7. The second kappa shape index (κ2) is 6.40. The zero-order chi connectivity index (χ0) is 20.1. The summed E-state index contributed by atoms with van der Waals surface area (Å²) >= 11 is 0. The summed E-state index contributed by atoms with van der Waals surface area (Å²) in [5.41, 5.74) is 3.97. The van der Waals surface area contributed by atoms with Gasteiger partial charge in [0.15, 0.2) is 0 Å². The number of fused-ring (bicyclic) bond motifs is 3. The highest BCUT2D eigenvalue weighted by molar-refractivity contribution is 5.86. The molecule has 2 aliphatic rings. The fourth-order valence-electron chi connectivity index (χ4n) is 4.54. The molecule has 28 heavy (non-hydrogen) atoms. The Morgan fingerprint density at radius 3 is 2.46 bits per heavy atom. The molecule has 0 saturated carbocycles. The molecule has 0 bridgehead atoms. The van der Waals surface area contributed by atoms with Gasteiger partial charge in [0.05, 0.1) is 5.92 Å². The van der Waals surface area contributed by atoms with Crippen molar-refractivity contribution >= 4 is 23.4 Å². The molecule has 1 N–H and O–H groups in total. The third-order valence-electron chi connectivity index (χ3n) is 6.39. The maximum Gasteiger partial charge on any atom is 0.226 e. The van der Waals surface area contributed by atoms with Gasteiger partial charge in [0.25, 0.3) is 0 Å². The summed E-state index contributed by atoms with van der Waals surface area (Å²) in [6.07, 6.45) is 4.32. The first-order chi connectivity index (χ1) is 13.3. The number of nitrogens with one attached hydrogen (secondary N) is 1. The Balaban J connectivity index is 1.78. The van der Waals surface area contributed by atoms with Crippen LogP contribution in [0, 0.1) is 5.92 Å². The van der Waals surface area contributed by atoms with Gasteiger partial charge < -0.3 is 15.1 Å². The molecule has 0 aliphatic carbocycles. The van der Waals surface area contributed by atoms with E-state index in [1.807, 2.05) is 21.0 Å². The van der Waals surface area contributed by atoms with Gasteiger partial charge in [0.1, 0.15) is 5.66 Å². The van der Waals surface area contributed by atoms with Crippen LogP contribution in [0.3, 0.4) is 0 Å². The van der Waals surface area contributed by atoms with Crippen molar-refractivity contribution in [1.82, 2.24) is 5.32 Å². The van der Waals surface area contributed by atoms with Crippen molar-refractivity contribution in [2.75, 3.05) is 30.4 Å². The number of nitrogens with zero attached hydrogens (tertiary/aromatic N) is 2. The van der Waals surface area contributed by atoms with E-state index < -0.39 is 5.66 Å². The molecule has 0 spiro atoms. The fourth-order valence-corrected chi connectivity index (χ4v) is 4.54. The molecule has 2 aliphatic heterocycles. The van der Waals surface area contributed by atoms with Gasteiger partial charge in [-0.15, -0.1) is 0 Å². The lowest BCUT2D eigenvalue weighted by Gasteiger charge is -2.50. The minimum Gasteiger partial charge on any atom is -0.378 e. The van der Waals surface area contributed by atoms with E-state index in [0.717, 1.165) is 12.1 Å². The molecule has 146 valence electrons. The lowest BCUT2D eigenvalue weighted by Crippen LogP contribution is -2.70. The number of anilines is 2. The summed E-state index contributed by atoms with van der Waals surface area (Å²) in [6.45, 7) is 7.16. The molecule has 0 radical (unpaired) electrons. The van der Waals surface area contributed by atoms with Crippen molar-refractivity contribution in [3.63, 3.8) is 0 Å². The monoisotopic (exact) mass is 375 g/mol. The van der Waals surface area contributed by atoms with Crippen molar-refractivity contribution in [2.24, 2.45) is 5.92 Å². The summed E-state index contributed by atoms with van der Waals surface area (Å²) in [4.78, 5) is 17.2. The predicted molar refractivity (Wildman–Crippen MR) is 117 cm³/mol. The summed E-state index contributed by atoms with van der Waals surface area (Å²) in [7, 11) is 4.08. The van der Waals surface area contributed by atoms with Gasteiger partial charge in [-0.1, -0.05) is 57.2 Å². The zero-order valence-electron chi connectivity index (χ0n) is 17.4. The Morgan fingerprint density at radius 2 is 1.79 bits per heavy atom. The lowest BCUT2D eigenvalue weighted by atomic mass is 9.74. The normalized spacial score (nSPS) is 25.4. The van der Waals surface area contributed by atoms with Gasteiger partial charge in [-0.2, -0.15) is 0 Å². The van der Waals surface area contributed by atoms with Crippen LogP contribution in [0.5, 0.6) is 0 Å². The summed E-state index contributed by atoms with van der Waals surface area (Å²) in [5.74, 6) is 0.0765. The third kappa shape index (κ3) is 2.62. The number of hydrogen-bond acceptors (Lipinski definition) is 3. The third-order valence-corrected chi connectivity index (χ3v) is 6.39. The van der Waals surface area contributed by atoms with Crippen LogP contribution < -0.4 is 15.1 Å². The SMILES string of the molecule is C[C@H]1CN2c3ccccc3C(C)(C)[C@]2(/C=C/c2ccc(N(C)C)cc2)NC1=O. The van der Waals surface area contributed by atoms with Gasteiger partial charge in [0, 0.05) is 37.4 Å². The number of para-hydroxylation sites is 1. The largest absolute Gasteiger partial charge is 0.378 e. The van der Waals surface area contributed by atoms with Crippen LogP contribution in [-0.2, 0) is 10.2 Å². The first-order valence-electron chi connectivity index (χ1n) is 9.92. The van der Waals surface area contributed by atoms with E-state index in [4.69, 9.17) is 0 Å². The van der Waals surface area contributed by atoms with E-state index in [0.29, 0.717) is 0 Å². The van der Waals surface area contributed by atoms with Crippen LogP contribution >= 0.6 is 0 Å². The highest BCUT2D eigenvalue weighted by Gasteiger charge is 2.58. The molecule has 0 unspecified atom stereocenters. The van der Waals surface area contributed by atoms with Gasteiger partial charge >= 0.3 is 0 Å². The van der Waals surface area contributed by atoms with Crippen molar-refractivity contribution in [3.05, 3.63) is 65.7 Å². The number of carbonyl (C=O) groups is 1. The Kier molecular flexibility index (Phi) is 4.25. The van der Waals surface area contributed by atoms with E-state index in [2.05, 4.69) is 89.6 Å². The molecular formula is C24H29N3O. The summed E-state index contributed by atoms with van der Waals surface area (Å²) < 4.78 is 0. The van der Waals surface area contributed by atoms with Crippen LogP contribution in [0.2, 0.25) is 0 Å². The van der Waals surface area contributed by atoms with Crippen LogP contribution in [0.25, 0.3) is 6.08 Å². The fraction of sp³-hybridized carbons (Fsp3) is 0.375. The van der Waals surface area contributed by atoms with E-state index in [1.54, 1.807) is 0 Å². The molecule has 1 amide bonds. The molecule has 4 rings (SSSR count). The van der Waals surface area contributed by atoms with Crippen molar-refractivity contribution in [3.8, 4) is 0 Å². The zero-order valence-corrected chi connectivity index (χ0v) is 17.4. The smallest absolute Gasteiger partial charge is 0.226 e. The topological polar surface area (TPSA) is 35.6 Å². The average Bonchev–Trinajstić information content (AvgIpc) is 2.86.